The average Bonchev–Trinajstić information content (AvgIpc) is 3.70. The molecule has 0 bridgehead atoms. The van der Waals surface area contributed by atoms with Crippen molar-refractivity contribution >= 4 is 55.9 Å². The number of nitrogens with zero attached hydrogens (tertiary/aromatic N) is 4. The third kappa shape index (κ3) is 4.95. The van der Waals surface area contributed by atoms with E-state index in [9.17, 15) is 18.0 Å². The zero-order valence-corrected chi connectivity index (χ0v) is 26.3. The van der Waals surface area contributed by atoms with Gasteiger partial charge < -0.3 is 9.30 Å². The number of hydrogen-bond acceptors (Lipinski definition) is 6. The van der Waals surface area contributed by atoms with Crippen LogP contribution in [0.1, 0.15) is 65.2 Å². The van der Waals surface area contributed by atoms with Gasteiger partial charge in [0.05, 0.1) is 38.1 Å². The minimum Gasteiger partial charge on any atom is -0.357 e. The Morgan fingerprint density at radius 1 is 1.07 bits per heavy atom. The molecule has 0 aliphatic carbocycles. The number of aromatic nitrogens is 3. The summed E-state index contributed by atoms with van der Waals surface area (Å²) < 4.78 is 39.7. The molecule has 0 spiro atoms. The van der Waals surface area contributed by atoms with E-state index in [1.54, 1.807) is 30.3 Å². The van der Waals surface area contributed by atoms with Crippen molar-refractivity contribution < 1.29 is 22.7 Å². The molecule has 10 nitrogen and oxygen atoms in total. The molecule has 230 valence electrons. The summed E-state index contributed by atoms with van der Waals surface area (Å²) in [6.07, 6.45) is 7.93. The first-order chi connectivity index (χ1) is 21.1. The monoisotopic (exact) mass is 655 g/mol. The Hall–Kier alpha value is -3.22. The molecule has 0 saturated carbocycles. The molecule has 1 N–H and O–H groups in total. The van der Waals surface area contributed by atoms with Crippen molar-refractivity contribution in [2.45, 2.75) is 63.1 Å². The molecule has 1 saturated heterocycles. The van der Waals surface area contributed by atoms with Gasteiger partial charge in [-0.3, -0.25) is 14.5 Å². The summed E-state index contributed by atoms with van der Waals surface area (Å²) in [6.45, 7) is 2.32. The van der Waals surface area contributed by atoms with E-state index in [1.165, 1.54) is 6.92 Å². The second-order valence-electron chi connectivity index (χ2n) is 11.7. The van der Waals surface area contributed by atoms with Gasteiger partial charge in [0.25, 0.3) is 11.8 Å². The third-order valence-corrected chi connectivity index (χ3v) is 11.5. The van der Waals surface area contributed by atoms with Crippen LogP contribution in [-0.4, -0.2) is 63.9 Å². The number of carbonyl (C=O) groups is 2. The molecule has 1 fully saturated rings. The maximum atomic E-state index is 13.5. The average molecular weight is 657 g/mol. The molecule has 3 aliphatic heterocycles. The van der Waals surface area contributed by atoms with Gasteiger partial charge in [-0.05, 0) is 57.2 Å². The molecule has 3 atom stereocenters. The number of nitrogens with one attached hydrogen (secondary N) is 1. The molecule has 7 rings (SSSR count). The van der Waals surface area contributed by atoms with Gasteiger partial charge in [0.2, 0.25) is 10.0 Å². The van der Waals surface area contributed by atoms with Crippen LogP contribution in [0.25, 0.3) is 22.0 Å². The summed E-state index contributed by atoms with van der Waals surface area (Å²) in [7, 11) is -3.91. The van der Waals surface area contributed by atoms with Crippen LogP contribution in [0.3, 0.4) is 0 Å². The highest BCUT2D eigenvalue weighted by molar-refractivity contribution is 7.90. The van der Waals surface area contributed by atoms with Crippen molar-refractivity contribution in [1.29, 1.82) is 0 Å². The molecule has 3 unspecified atom stereocenters. The number of amides is 2. The maximum absolute atomic E-state index is 13.5. The molecule has 5 heterocycles. The minimum atomic E-state index is -3.91. The smallest absolute Gasteiger partial charge is 0.261 e. The first-order valence-electron chi connectivity index (χ1n) is 14.8. The number of hydrogen-bond donors (Lipinski definition) is 1. The van der Waals surface area contributed by atoms with E-state index < -0.39 is 33.1 Å². The van der Waals surface area contributed by atoms with Gasteiger partial charge in [0.15, 0.2) is 0 Å². The second-order valence-corrected chi connectivity index (χ2v) is 14.6. The largest absolute Gasteiger partial charge is 0.357 e. The molecule has 2 aromatic heterocycles. The quantitative estimate of drug-likeness (QED) is 0.266. The lowest BCUT2D eigenvalue weighted by molar-refractivity contribution is -0.0394. The van der Waals surface area contributed by atoms with Gasteiger partial charge >= 0.3 is 0 Å². The highest BCUT2D eigenvalue weighted by Gasteiger charge is 2.39. The predicted molar refractivity (Wildman–Crippen MR) is 167 cm³/mol. The van der Waals surface area contributed by atoms with Crippen molar-refractivity contribution in [2.24, 2.45) is 0 Å². The first-order valence-corrected chi connectivity index (χ1v) is 17.1. The number of ether oxygens (including phenoxy) is 1. The standard InChI is InChI=1S/C31H31Cl2N5O5S/c1-18(15-37-30(39)21-6-2-3-7-22(21)31(37)40)44(41,42)35-20-9-12-25-27(19-14-34-38(16-19)26-8-4-5-13-43-26)23-10-11-24(32)28(33)29(23)36(25)17-20/h2-3,6-7,10-11,14,16,18,20,26,35H,4-5,8-9,12-13,15,17H2,1H3. The van der Waals surface area contributed by atoms with Crippen molar-refractivity contribution in [2.75, 3.05) is 13.2 Å². The van der Waals surface area contributed by atoms with Gasteiger partial charge in [0.1, 0.15) is 6.23 Å². The van der Waals surface area contributed by atoms with Crippen molar-refractivity contribution in [3.8, 4) is 11.1 Å². The lowest BCUT2D eigenvalue weighted by Gasteiger charge is -2.29. The second kappa shape index (κ2) is 11.3. The Morgan fingerprint density at radius 2 is 1.82 bits per heavy atom. The fourth-order valence-electron chi connectivity index (χ4n) is 6.60. The molecule has 4 aromatic rings. The highest BCUT2D eigenvalue weighted by atomic mass is 35.5. The van der Waals surface area contributed by atoms with E-state index in [0.29, 0.717) is 36.0 Å². The summed E-state index contributed by atoms with van der Waals surface area (Å²) in [5.41, 5.74) is 4.29. The number of imide groups is 1. The molecule has 13 heteroatoms. The first kappa shape index (κ1) is 29.5. The lowest BCUT2D eigenvalue weighted by Crippen LogP contribution is -2.48. The summed E-state index contributed by atoms with van der Waals surface area (Å²) in [5.74, 6) is -0.961. The molecule has 44 heavy (non-hydrogen) atoms. The van der Waals surface area contributed by atoms with Crippen LogP contribution in [0.15, 0.2) is 48.8 Å². The Labute approximate surface area is 264 Å². The number of halogens is 2. The van der Waals surface area contributed by atoms with Crippen LogP contribution in [-0.2, 0) is 27.7 Å². The van der Waals surface area contributed by atoms with Gasteiger partial charge in [-0.2, -0.15) is 5.10 Å². The molecule has 2 aromatic carbocycles. The lowest BCUT2D eigenvalue weighted by atomic mass is 9.99. The molecular weight excluding hydrogens is 625 g/mol. The zero-order valence-electron chi connectivity index (χ0n) is 24.0. The van der Waals surface area contributed by atoms with Gasteiger partial charge in [-0.25, -0.2) is 17.8 Å². The van der Waals surface area contributed by atoms with Gasteiger partial charge in [-0.15, -0.1) is 0 Å². The van der Waals surface area contributed by atoms with Crippen LogP contribution < -0.4 is 4.72 Å². The van der Waals surface area contributed by atoms with Crippen molar-refractivity contribution in [1.82, 2.24) is 24.0 Å². The van der Waals surface area contributed by atoms with Gasteiger partial charge in [0, 0.05) is 54.1 Å². The van der Waals surface area contributed by atoms with E-state index in [-0.39, 0.29) is 23.9 Å². The number of fused-ring (bicyclic) bond motifs is 4. The Balaban J connectivity index is 1.15. The summed E-state index contributed by atoms with van der Waals surface area (Å²) in [5, 5.41) is 5.33. The SMILES string of the molecule is CC(CN1C(=O)c2ccccc2C1=O)S(=O)(=O)NC1CCc2c(-c3cnn(C4CCCCO4)c3)c3ccc(Cl)c(Cl)c3n2C1. The maximum Gasteiger partial charge on any atom is 0.261 e. The van der Waals surface area contributed by atoms with Crippen molar-refractivity contribution in [3.63, 3.8) is 0 Å². The molecular formula is C31H31Cl2N5O5S. The van der Waals surface area contributed by atoms with Crippen LogP contribution in [0.2, 0.25) is 10.0 Å². The van der Waals surface area contributed by atoms with E-state index >= 15 is 0 Å². The topological polar surface area (TPSA) is 116 Å². The third-order valence-electron chi connectivity index (χ3n) is 8.87. The Bertz CT molecular complexity index is 1880. The summed E-state index contributed by atoms with van der Waals surface area (Å²) >= 11 is 13.2. The summed E-state index contributed by atoms with van der Waals surface area (Å²) in [6, 6.07) is 9.80. The Morgan fingerprint density at radius 3 is 2.52 bits per heavy atom. The van der Waals surface area contributed by atoms with Crippen LogP contribution >= 0.6 is 23.2 Å². The van der Waals surface area contributed by atoms with Crippen molar-refractivity contribution in [3.05, 3.63) is 75.7 Å². The number of carbonyl (C=O) groups excluding carboxylic acids is 2. The molecule has 3 aliphatic rings. The predicted octanol–water partition coefficient (Wildman–Crippen LogP) is 5.43. The van der Waals surface area contributed by atoms with E-state index in [2.05, 4.69) is 14.4 Å². The van der Waals surface area contributed by atoms with Gasteiger partial charge in [-0.1, -0.05) is 41.4 Å². The van der Waals surface area contributed by atoms with E-state index in [1.807, 2.05) is 23.1 Å². The molecule has 0 radical (unpaired) electrons. The normalized spacial score (nSPS) is 21.1. The zero-order chi connectivity index (χ0) is 30.7. The van der Waals surface area contributed by atoms with Crippen LogP contribution in [0, 0.1) is 0 Å². The Kier molecular flexibility index (Phi) is 7.57. The van der Waals surface area contributed by atoms with Crippen LogP contribution in [0.4, 0.5) is 0 Å². The van der Waals surface area contributed by atoms with E-state index in [0.717, 1.165) is 51.9 Å². The fourth-order valence-corrected chi connectivity index (χ4v) is 8.25. The number of rotatable bonds is 7. The van der Waals surface area contributed by atoms with E-state index in [4.69, 9.17) is 27.9 Å². The minimum absolute atomic E-state index is 0.0960. The number of benzene rings is 2. The molecule has 2 amide bonds. The highest BCUT2D eigenvalue weighted by Crippen LogP contribution is 2.43. The summed E-state index contributed by atoms with van der Waals surface area (Å²) in [4.78, 5) is 26.7. The fraction of sp³-hybridized carbons (Fsp3) is 0.387. The van der Waals surface area contributed by atoms with Crippen LogP contribution in [0.5, 0.6) is 0 Å². The number of sulfonamides is 1.